The van der Waals surface area contributed by atoms with Crippen LogP contribution in [0.15, 0.2) is 104 Å². The van der Waals surface area contributed by atoms with Crippen LogP contribution in [0.2, 0.25) is 0 Å². The van der Waals surface area contributed by atoms with Crippen molar-refractivity contribution in [3.63, 3.8) is 0 Å². The number of rotatable bonds is 9. The predicted molar refractivity (Wildman–Crippen MR) is 182 cm³/mol. The van der Waals surface area contributed by atoms with E-state index >= 15 is 0 Å². The summed E-state index contributed by atoms with van der Waals surface area (Å²) >= 11 is 6.34. The Kier molecular flexibility index (Phi) is 9.30. The molecule has 3 heterocycles. The summed E-state index contributed by atoms with van der Waals surface area (Å²) in [6.07, 6.45) is 1.77. The van der Waals surface area contributed by atoms with Gasteiger partial charge < -0.3 is 14.2 Å². The molecule has 8 nitrogen and oxygen atoms in total. The standard InChI is InChI=1S/C35H26BrN3O5S2/c1-3-43-34(41)30-31(21-10-5-4-6-11-21)38-35-39(32(30)28-14-9-15-45-28)33(40)29(46-35)17-24-16-26(42-2)27(18-25(24)36)44-20-23-13-8-7-12-22(23)19-37/h4-18,32H,3,20H2,1-2H3/t32-/m0/s1. The fourth-order valence-corrected chi connectivity index (χ4v) is 7.39. The lowest BCUT2D eigenvalue weighted by Crippen LogP contribution is -2.39. The van der Waals surface area contributed by atoms with E-state index in [1.807, 2.05) is 60.0 Å². The number of benzene rings is 3. The van der Waals surface area contributed by atoms with Gasteiger partial charge >= 0.3 is 5.97 Å². The van der Waals surface area contributed by atoms with E-state index in [0.717, 1.165) is 16.0 Å². The van der Waals surface area contributed by atoms with Crippen molar-refractivity contribution >= 4 is 56.3 Å². The minimum Gasteiger partial charge on any atom is -0.493 e. The van der Waals surface area contributed by atoms with Crippen molar-refractivity contribution in [2.24, 2.45) is 4.99 Å². The van der Waals surface area contributed by atoms with Gasteiger partial charge in [-0.15, -0.1) is 11.3 Å². The van der Waals surface area contributed by atoms with Crippen molar-refractivity contribution in [2.45, 2.75) is 19.6 Å². The van der Waals surface area contributed by atoms with E-state index in [1.54, 1.807) is 48.9 Å². The summed E-state index contributed by atoms with van der Waals surface area (Å²) in [5, 5.41) is 11.3. The van der Waals surface area contributed by atoms with Gasteiger partial charge in [0.1, 0.15) is 12.6 Å². The van der Waals surface area contributed by atoms with Gasteiger partial charge in [-0.3, -0.25) is 9.36 Å². The maximum absolute atomic E-state index is 14.2. The molecule has 11 heteroatoms. The predicted octanol–water partition coefficient (Wildman–Crippen LogP) is 6.22. The molecule has 5 aromatic rings. The molecule has 230 valence electrons. The number of ether oxygens (including phenoxy) is 3. The monoisotopic (exact) mass is 711 g/mol. The number of hydrogen-bond acceptors (Lipinski definition) is 9. The number of thiazole rings is 1. The van der Waals surface area contributed by atoms with Gasteiger partial charge in [-0.2, -0.15) is 5.26 Å². The molecule has 0 saturated carbocycles. The number of carbonyl (C=O) groups is 1. The topological polar surface area (TPSA) is 103 Å². The van der Waals surface area contributed by atoms with Crippen LogP contribution in [0.1, 0.15) is 40.1 Å². The lowest BCUT2D eigenvalue weighted by molar-refractivity contribution is -0.138. The number of esters is 1. The molecule has 6 rings (SSSR count). The minimum atomic E-state index is -0.710. The van der Waals surface area contributed by atoms with Gasteiger partial charge in [0.2, 0.25) is 0 Å². The summed E-state index contributed by atoms with van der Waals surface area (Å²) in [6.45, 7) is 2.12. The highest BCUT2D eigenvalue weighted by atomic mass is 79.9. The van der Waals surface area contributed by atoms with Gasteiger partial charge in [-0.05, 0) is 48.2 Å². The molecule has 1 aliphatic rings. The summed E-state index contributed by atoms with van der Waals surface area (Å²) in [5.41, 5.74) is 3.25. The van der Waals surface area contributed by atoms with E-state index < -0.39 is 12.0 Å². The molecule has 0 N–H and O–H groups in total. The number of hydrogen-bond donors (Lipinski definition) is 0. The first-order valence-electron chi connectivity index (χ1n) is 14.2. The first-order chi connectivity index (χ1) is 22.4. The van der Waals surface area contributed by atoms with Crippen LogP contribution in [0.3, 0.4) is 0 Å². The second-order valence-corrected chi connectivity index (χ2v) is 12.9. The maximum Gasteiger partial charge on any atom is 0.338 e. The minimum absolute atomic E-state index is 0.180. The lowest BCUT2D eigenvalue weighted by Gasteiger charge is -2.24. The summed E-state index contributed by atoms with van der Waals surface area (Å²) in [4.78, 5) is 33.9. The van der Waals surface area contributed by atoms with Crippen LogP contribution in [0, 0.1) is 11.3 Å². The molecular weight excluding hydrogens is 686 g/mol. The normalized spacial score (nSPS) is 14.3. The van der Waals surface area contributed by atoms with Gasteiger partial charge in [0, 0.05) is 20.5 Å². The number of nitrogens with zero attached hydrogens (tertiary/aromatic N) is 3. The van der Waals surface area contributed by atoms with E-state index in [4.69, 9.17) is 19.2 Å². The van der Waals surface area contributed by atoms with Gasteiger partial charge in [0.15, 0.2) is 16.3 Å². The highest BCUT2D eigenvalue weighted by Gasteiger charge is 2.35. The number of nitriles is 1. The summed E-state index contributed by atoms with van der Waals surface area (Å²) in [5.74, 6) is 0.423. The molecule has 0 bridgehead atoms. The number of carbonyl (C=O) groups excluding carboxylic acids is 1. The highest BCUT2D eigenvalue weighted by Crippen LogP contribution is 2.37. The Bertz CT molecular complexity index is 2180. The summed E-state index contributed by atoms with van der Waals surface area (Å²) in [7, 11) is 1.54. The van der Waals surface area contributed by atoms with Crippen molar-refractivity contribution in [1.82, 2.24) is 4.57 Å². The molecule has 0 unspecified atom stereocenters. The molecular formula is C35H26BrN3O5S2. The zero-order valence-corrected chi connectivity index (χ0v) is 27.9. The van der Waals surface area contributed by atoms with E-state index in [1.165, 1.54) is 22.7 Å². The largest absolute Gasteiger partial charge is 0.493 e. The molecule has 0 spiro atoms. The lowest BCUT2D eigenvalue weighted by atomic mass is 9.97. The Hall–Kier alpha value is -4.76. The molecule has 1 atom stereocenters. The number of thiophene rings is 1. The smallest absolute Gasteiger partial charge is 0.338 e. The van der Waals surface area contributed by atoms with E-state index in [-0.39, 0.29) is 18.8 Å². The molecule has 0 saturated heterocycles. The third-order valence-electron chi connectivity index (χ3n) is 7.28. The van der Waals surface area contributed by atoms with Crippen LogP contribution in [-0.4, -0.2) is 24.3 Å². The number of aromatic nitrogens is 1. The molecule has 46 heavy (non-hydrogen) atoms. The number of fused-ring (bicyclic) bond motifs is 1. The van der Waals surface area contributed by atoms with E-state index in [0.29, 0.717) is 47.7 Å². The highest BCUT2D eigenvalue weighted by molar-refractivity contribution is 9.10. The van der Waals surface area contributed by atoms with Gasteiger partial charge in [0.05, 0.1) is 41.2 Å². The van der Waals surface area contributed by atoms with Crippen molar-refractivity contribution in [2.75, 3.05) is 13.7 Å². The van der Waals surface area contributed by atoms with Crippen molar-refractivity contribution in [1.29, 1.82) is 5.26 Å². The molecule has 1 aliphatic heterocycles. The van der Waals surface area contributed by atoms with Crippen LogP contribution in [0.4, 0.5) is 0 Å². The van der Waals surface area contributed by atoms with Crippen molar-refractivity contribution in [3.05, 3.63) is 141 Å². The zero-order valence-electron chi connectivity index (χ0n) is 24.7. The second kappa shape index (κ2) is 13.7. The number of halogens is 1. The van der Waals surface area contributed by atoms with E-state index in [2.05, 4.69) is 22.0 Å². The Morgan fingerprint density at radius 2 is 1.87 bits per heavy atom. The molecule has 0 fully saturated rings. The molecule has 2 aromatic heterocycles. The average molecular weight is 713 g/mol. The molecule has 3 aromatic carbocycles. The van der Waals surface area contributed by atoms with Crippen LogP contribution in [0.5, 0.6) is 11.5 Å². The fourth-order valence-electron chi connectivity index (χ4n) is 5.14. The third-order valence-corrected chi connectivity index (χ3v) is 9.87. The van der Waals surface area contributed by atoms with Crippen LogP contribution in [0.25, 0.3) is 11.8 Å². The third kappa shape index (κ3) is 6.07. The first-order valence-corrected chi connectivity index (χ1v) is 16.7. The molecule has 0 radical (unpaired) electrons. The van der Waals surface area contributed by atoms with Crippen LogP contribution >= 0.6 is 38.6 Å². The maximum atomic E-state index is 14.2. The van der Waals surface area contributed by atoms with E-state index in [9.17, 15) is 14.9 Å². The van der Waals surface area contributed by atoms with Gasteiger partial charge in [0.25, 0.3) is 5.56 Å². The second-order valence-electron chi connectivity index (χ2n) is 10.0. The Labute approximate surface area is 280 Å². The Morgan fingerprint density at radius 1 is 1.09 bits per heavy atom. The van der Waals surface area contributed by atoms with Gasteiger partial charge in [-0.1, -0.05) is 81.9 Å². The van der Waals surface area contributed by atoms with Crippen LogP contribution < -0.4 is 24.4 Å². The van der Waals surface area contributed by atoms with Crippen molar-refractivity contribution < 1.29 is 19.0 Å². The fraction of sp³-hybridized carbons (Fsp3) is 0.143. The van der Waals surface area contributed by atoms with Crippen LogP contribution in [-0.2, 0) is 16.1 Å². The molecule has 0 amide bonds. The summed E-state index contributed by atoms with van der Waals surface area (Å²) in [6, 6.07) is 25.5. The molecule has 0 aliphatic carbocycles. The SMILES string of the molecule is CCOC(=O)C1=C(c2ccccc2)N=c2sc(=Cc3cc(OC)c(OCc4ccccc4C#N)cc3Br)c(=O)n2[C@H]1c1cccs1. The number of methoxy groups -OCH3 is 1. The Morgan fingerprint density at radius 3 is 2.59 bits per heavy atom. The summed E-state index contributed by atoms with van der Waals surface area (Å²) < 4.78 is 19.9. The zero-order chi connectivity index (χ0) is 32.2. The van der Waals surface area contributed by atoms with Crippen molar-refractivity contribution in [3.8, 4) is 17.6 Å². The average Bonchev–Trinajstić information content (AvgIpc) is 3.72. The quantitative estimate of drug-likeness (QED) is 0.168. The first kappa shape index (κ1) is 31.2. The van der Waals surface area contributed by atoms with Gasteiger partial charge in [-0.25, -0.2) is 9.79 Å². The Balaban J connectivity index is 1.47.